The summed E-state index contributed by atoms with van der Waals surface area (Å²) in [5, 5.41) is 6.46. The lowest BCUT2D eigenvalue weighted by molar-refractivity contribution is -0.140. The summed E-state index contributed by atoms with van der Waals surface area (Å²) in [5.41, 5.74) is 2.04. The Balaban J connectivity index is 1.16. The molecule has 0 spiro atoms. The number of para-hydroxylation sites is 2. The molecule has 156 valence electrons. The molecule has 0 radical (unpaired) electrons. The summed E-state index contributed by atoms with van der Waals surface area (Å²) in [6.45, 7) is 1.34. The molecule has 2 aliphatic carbocycles. The third kappa shape index (κ3) is 2.89. The molecule has 5 rings (SSSR count). The zero-order chi connectivity index (χ0) is 20.8. The number of guanidine groups is 1. The van der Waals surface area contributed by atoms with Crippen LogP contribution in [0.4, 0.5) is 0 Å². The Labute approximate surface area is 175 Å². The van der Waals surface area contributed by atoms with Crippen LogP contribution in [0.1, 0.15) is 12.2 Å². The van der Waals surface area contributed by atoms with E-state index in [0.29, 0.717) is 25.6 Å². The predicted octanol–water partition coefficient (Wildman–Crippen LogP) is 1.05. The molecular weight excluding hydrogens is 380 g/mol. The molecule has 30 heavy (non-hydrogen) atoms. The van der Waals surface area contributed by atoms with Crippen molar-refractivity contribution >= 4 is 28.8 Å². The van der Waals surface area contributed by atoms with Crippen molar-refractivity contribution in [2.45, 2.75) is 13.0 Å². The molecule has 4 unspecified atom stereocenters. The summed E-state index contributed by atoms with van der Waals surface area (Å²) in [7, 11) is 3.69. The average molecular weight is 406 g/mol. The van der Waals surface area contributed by atoms with E-state index < -0.39 is 0 Å². The summed E-state index contributed by atoms with van der Waals surface area (Å²) in [5.74, 6) is 1.72. The Morgan fingerprint density at radius 2 is 1.83 bits per heavy atom. The van der Waals surface area contributed by atoms with Crippen LogP contribution < -0.4 is 10.6 Å². The van der Waals surface area contributed by atoms with Crippen molar-refractivity contribution in [3.05, 3.63) is 42.2 Å². The first-order valence-corrected chi connectivity index (χ1v) is 10.5. The third-order valence-electron chi connectivity index (χ3n) is 6.71. The fourth-order valence-corrected chi connectivity index (χ4v) is 5.21. The van der Waals surface area contributed by atoms with Crippen LogP contribution in [0.2, 0.25) is 0 Å². The van der Waals surface area contributed by atoms with Gasteiger partial charge in [-0.2, -0.15) is 0 Å². The minimum absolute atomic E-state index is 0.00806. The van der Waals surface area contributed by atoms with Crippen LogP contribution in [0, 0.1) is 23.7 Å². The van der Waals surface area contributed by atoms with Crippen molar-refractivity contribution in [2.24, 2.45) is 35.7 Å². The maximum atomic E-state index is 12.8. The molecular formula is C22H26N6O2. The number of amides is 2. The van der Waals surface area contributed by atoms with Crippen LogP contribution in [-0.4, -0.2) is 52.4 Å². The molecule has 8 nitrogen and oxygen atoms in total. The van der Waals surface area contributed by atoms with E-state index in [-0.39, 0.29) is 35.5 Å². The van der Waals surface area contributed by atoms with Crippen LogP contribution in [0.3, 0.4) is 0 Å². The van der Waals surface area contributed by atoms with Gasteiger partial charge in [0.25, 0.3) is 0 Å². The second-order valence-electron chi connectivity index (χ2n) is 8.26. The normalized spacial score (nSPS) is 27.4. The largest absolute Gasteiger partial charge is 0.355 e. The number of nitrogens with zero attached hydrogens (tertiary/aromatic N) is 4. The predicted molar refractivity (Wildman–Crippen MR) is 113 cm³/mol. The van der Waals surface area contributed by atoms with E-state index in [1.54, 1.807) is 7.05 Å². The Hall–Kier alpha value is -3.16. The zero-order valence-electron chi connectivity index (χ0n) is 17.2. The number of hydrogen-bond donors (Lipinski definition) is 2. The van der Waals surface area contributed by atoms with Gasteiger partial charge < -0.3 is 15.2 Å². The molecule has 1 aliphatic heterocycles. The highest BCUT2D eigenvalue weighted by Gasteiger charge is 2.58. The average Bonchev–Trinajstić information content (AvgIpc) is 3.50. The number of aryl methyl sites for hydroxylation is 1. The molecule has 3 aliphatic rings. The van der Waals surface area contributed by atoms with E-state index in [4.69, 9.17) is 0 Å². The first-order valence-electron chi connectivity index (χ1n) is 10.5. The first-order chi connectivity index (χ1) is 14.6. The molecule has 2 aromatic rings. The number of carbonyl (C=O) groups excluding carboxylic acids is 2. The highest BCUT2D eigenvalue weighted by atomic mass is 16.2. The second-order valence-corrected chi connectivity index (χ2v) is 8.26. The molecule has 4 atom stereocenters. The maximum absolute atomic E-state index is 12.8. The summed E-state index contributed by atoms with van der Waals surface area (Å²) >= 11 is 0. The van der Waals surface area contributed by atoms with E-state index >= 15 is 0 Å². The number of aromatic nitrogens is 2. The Bertz CT molecular complexity index is 1040. The van der Waals surface area contributed by atoms with Gasteiger partial charge >= 0.3 is 0 Å². The summed E-state index contributed by atoms with van der Waals surface area (Å²) in [4.78, 5) is 35.8. The van der Waals surface area contributed by atoms with Gasteiger partial charge in [0.2, 0.25) is 11.8 Å². The van der Waals surface area contributed by atoms with E-state index in [1.807, 2.05) is 31.3 Å². The number of imidazole rings is 1. The minimum atomic E-state index is -0.137. The van der Waals surface area contributed by atoms with Gasteiger partial charge in [-0.15, -0.1) is 0 Å². The maximum Gasteiger partial charge on any atom is 0.233 e. The molecule has 1 saturated carbocycles. The van der Waals surface area contributed by atoms with E-state index in [9.17, 15) is 9.59 Å². The first kappa shape index (κ1) is 18.8. The lowest BCUT2D eigenvalue weighted by Crippen LogP contribution is -2.43. The SMILES string of the molecule is CN=C(NCCN1C(=O)C2C3C=CC(C3)C2C1=O)NCc1nc2ccccc2n1C. The molecule has 1 aromatic carbocycles. The third-order valence-corrected chi connectivity index (χ3v) is 6.71. The zero-order valence-corrected chi connectivity index (χ0v) is 17.2. The van der Waals surface area contributed by atoms with E-state index in [2.05, 4.69) is 37.3 Å². The monoisotopic (exact) mass is 406 g/mol. The van der Waals surface area contributed by atoms with Crippen LogP contribution in [-0.2, 0) is 23.2 Å². The van der Waals surface area contributed by atoms with Gasteiger partial charge in [-0.25, -0.2) is 4.98 Å². The van der Waals surface area contributed by atoms with Crippen molar-refractivity contribution in [3.63, 3.8) is 0 Å². The smallest absolute Gasteiger partial charge is 0.233 e. The van der Waals surface area contributed by atoms with Gasteiger partial charge in [-0.05, 0) is 30.4 Å². The number of nitrogens with one attached hydrogen (secondary N) is 2. The van der Waals surface area contributed by atoms with Gasteiger partial charge in [0, 0.05) is 27.2 Å². The lowest BCUT2D eigenvalue weighted by Gasteiger charge is -2.18. The minimum Gasteiger partial charge on any atom is -0.355 e. The number of benzene rings is 1. The van der Waals surface area contributed by atoms with Crippen LogP contribution in [0.15, 0.2) is 41.4 Å². The number of likely N-dealkylation sites (tertiary alicyclic amines) is 1. The standard InChI is InChI=1S/C22H26N6O2/c1-23-22(25-12-17-26-15-5-3-4-6-16(15)27(17)2)24-9-10-28-20(29)18-13-7-8-14(11-13)19(18)21(28)30/h3-8,13-14,18-19H,9-12H2,1-2H3,(H2,23,24,25). The van der Waals surface area contributed by atoms with Gasteiger partial charge in [0.1, 0.15) is 5.82 Å². The molecule has 1 saturated heterocycles. The van der Waals surface area contributed by atoms with Gasteiger partial charge in [-0.1, -0.05) is 24.3 Å². The molecule has 2 fully saturated rings. The number of carbonyl (C=O) groups is 2. The number of allylic oxidation sites excluding steroid dienone is 2. The van der Waals surface area contributed by atoms with Crippen molar-refractivity contribution in [1.82, 2.24) is 25.1 Å². The van der Waals surface area contributed by atoms with Crippen molar-refractivity contribution in [1.29, 1.82) is 0 Å². The molecule has 2 heterocycles. The molecule has 2 bridgehead atoms. The number of aliphatic imine (C=N–C) groups is 1. The topological polar surface area (TPSA) is 91.6 Å². The van der Waals surface area contributed by atoms with Crippen LogP contribution in [0.25, 0.3) is 11.0 Å². The molecule has 1 aromatic heterocycles. The highest BCUT2D eigenvalue weighted by molar-refractivity contribution is 6.06. The number of imide groups is 1. The van der Waals surface area contributed by atoms with E-state index in [0.717, 1.165) is 23.3 Å². The Morgan fingerprint density at radius 3 is 2.50 bits per heavy atom. The fraction of sp³-hybridized carbons (Fsp3) is 0.455. The Morgan fingerprint density at radius 1 is 1.13 bits per heavy atom. The van der Waals surface area contributed by atoms with Crippen molar-refractivity contribution < 1.29 is 9.59 Å². The summed E-state index contributed by atoms with van der Waals surface area (Å²) in [6, 6.07) is 8.01. The lowest BCUT2D eigenvalue weighted by atomic mass is 9.85. The summed E-state index contributed by atoms with van der Waals surface area (Å²) < 4.78 is 2.05. The number of hydrogen-bond acceptors (Lipinski definition) is 4. The van der Waals surface area contributed by atoms with Crippen molar-refractivity contribution in [3.8, 4) is 0 Å². The van der Waals surface area contributed by atoms with E-state index in [1.165, 1.54) is 4.90 Å². The molecule has 8 heteroatoms. The quantitative estimate of drug-likeness (QED) is 0.335. The fourth-order valence-electron chi connectivity index (χ4n) is 5.21. The number of fused-ring (bicyclic) bond motifs is 6. The highest BCUT2D eigenvalue weighted by Crippen LogP contribution is 2.52. The summed E-state index contributed by atoms with van der Waals surface area (Å²) in [6.07, 6.45) is 5.19. The van der Waals surface area contributed by atoms with Crippen molar-refractivity contribution in [2.75, 3.05) is 20.1 Å². The van der Waals surface area contributed by atoms with Gasteiger partial charge in [0.15, 0.2) is 5.96 Å². The van der Waals surface area contributed by atoms with Crippen LogP contribution >= 0.6 is 0 Å². The van der Waals surface area contributed by atoms with Gasteiger partial charge in [-0.3, -0.25) is 19.5 Å². The second kappa shape index (κ2) is 7.27. The molecule has 2 N–H and O–H groups in total. The van der Waals surface area contributed by atoms with Crippen LogP contribution in [0.5, 0.6) is 0 Å². The Kier molecular flexibility index (Phi) is 4.56. The van der Waals surface area contributed by atoms with Gasteiger partial charge in [0.05, 0.1) is 29.4 Å². The molecule has 2 amide bonds. The number of rotatable bonds is 5.